The van der Waals surface area contributed by atoms with Gasteiger partial charge in [-0.15, -0.1) is 0 Å². The van der Waals surface area contributed by atoms with Crippen molar-refractivity contribution in [1.29, 1.82) is 0 Å². The number of sulfonamides is 1. The third kappa shape index (κ3) is 3.32. The van der Waals surface area contributed by atoms with E-state index in [2.05, 4.69) is 9.71 Å². The minimum atomic E-state index is -3.67. The largest absolute Gasteiger partial charge is 0.252 e. The first kappa shape index (κ1) is 15.7. The fourth-order valence-electron chi connectivity index (χ4n) is 1.78. The molecular weight excluding hydrogens is 339 g/mol. The van der Waals surface area contributed by atoms with Crippen LogP contribution in [0.25, 0.3) is 0 Å². The maximum atomic E-state index is 12.3. The quantitative estimate of drug-likeness (QED) is 0.912. The van der Waals surface area contributed by atoms with Gasteiger partial charge < -0.3 is 0 Å². The third-order valence-electron chi connectivity index (χ3n) is 2.68. The van der Waals surface area contributed by atoms with Crippen LogP contribution in [0.2, 0.25) is 9.49 Å². The minimum absolute atomic E-state index is 0.126. The van der Waals surface area contributed by atoms with Gasteiger partial charge in [0.15, 0.2) is 8.68 Å². The minimum Gasteiger partial charge on any atom is -0.229 e. The molecule has 0 aliphatic rings. The Morgan fingerprint density at radius 2 is 1.95 bits per heavy atom. The standard InChI is InChI=1S/C12H12Cl2N2O2S2/c1-7(9-5-3-4-6-10(9)13)16-20(17,18)11-8(2)15-12(14)19-11/h3-7,16H,1-2H3. The SMILES string of the molecule is Cc1nc(Cl)sc1S(=O)(=O)NC(C)c1ccccc1Cl. The molecule has 0 fully saturated rings. The first-order valence-corrected chi connectivity index (χ1v) is 8.76. The van der Waals surface area contributed by atoms with Gasteiger partial charge in [0.05, 0.1) is 5.69 Å². The number of benzene rings is 1. The summed E-state index contributed by atoms with van der Waals surface area (Å²) < 4.78 is 27.5. The average Bonchev–Trinajstić information content (AvgIpc) is 2.69. The zero-order valence-corrected chi connectivity index (χ0v) is 13.9. The van der Waals surface area contributed by atoms with E-state index in [0.29, 0.717) is 16.3 Å². The van der Waals surface area contributed by atoms with Crippen molar-refractivity contribution in [2.45, 2.75) is 24.1 Å². The monoisotopic (exact) mass is 350 g/mol. The highest BCUT2D eigenvalue weighted by Gasteiger charge is 2.24. The fourth-order valence-corrected chi connectivity index (χ4v) is 5.05. The number of aryl methyl sites for hydroxylation is 1. The Labute approximate surface area is 131 Å². The van der Waals surface area contributed by atoms with Crippen molar-refractivity contribution >= 4 is 44.6 Å². The van der Waals surface area contributed by atoms with E-state index >= 15 is 0 Å². The number of thiazole rings is 1. The van der Waals surface area contributed by atoms with Gasteiger partial charge in [-0.1, -0.05) is 52.7 Å². The van der Waals surface area contributed by atoms with E-state index in [9.17, 15) is 8.42 Å². The van der Waals surface area contributed by atoms with Gasteiger partial charge in [0.25, 0.3) is 10.0 Å². The van der Waals surface area contributed by atoms with Crippen LogP contribution >= 0.6 is 34.5 Å². The van der Waals surface area contributed by atoms with Gasteiger partial charge in [0.2, 0.25) is 0 Å². The lowest BCUT2D eigenvalue weighted by molar-refractivity contribution is 0.568. The Bertz CT molecular complexity index is 729. The van der Waals surface area contributed by atoms with Crippen molar-refractivity contribution < 1.29 is 8.42 Å². The second kappa shape index (κ2) is 5.99. The van der Waals surface area contributed by atoms with Crippen LogP contribution in [0, 0.1) is 6.92 Å². The van der Waals surface area contributed by atoms with E-state index in [0.717, 1.165) is 11.3 Å². The summed E-state index contributed by atoms with van der Waals surface area (Å²) in [6.07, 6.45) is 0. The van der Waals surface area contributed by atoms with Gasteiger partial charge in [-0.25, -0.2) is 18.1 Å². The molecule has 0 saturated carbocycles. The summed E-state index contributed by atoms with van der Waals surface area (Å²) in [6.45, 7) is 3.34. The number of nitrogens with one attached hydrogen (secondary N) is 1. The third-order valence-corrected chi connectivity index (χ3v) is 6.43. The van der Waals surface area contributed by atoms with E-state index < -0.39 is 16.1 Å². The van der Waals surface area contributed by atoms with E-state index in [-0.39, 0.29) is 8.68 Å². The van der Waals surface area contributed by atoms with Gasteiger partial charge in [-0.05, 0) is 25.5 Å². The molecule has 0 spiro atoms. The van der Waals surface area contributed by atoms with Crippen LogP contribution in [0.5, 0.6) is 0 Å². The van der Waals surface area contributed by atoms with Crippen LogP contribution < -0.4 is 4.72 Å². The number of hydrogen-bond donors (Lipinski definition) is 1. The summed E-state index contributed by atoms with van der Waals surface area (Å²) >= 11 is 12.7. The predicted octanol–water partition coefficient (Wildman–Crippen LogP) is 3.80. The van der Waals surface area contributed by atoms with Gasteiger partial charge >= 0.3 is 0 Å². The normalized spacial score (nSPS) is 13.4. The molecule has 2 rings (SSSR count). The Balaban J connectivity index is 2.29. The van der Waals surface area contributed by atoms with E-state index in [4.69, 9.17) is 23.2 Å². The molecule has 2 aromatic rings. The summed E-state index contributed by atoms with van der Waals surface area (Å²) in [5.74, 6) is 0. The predicted molar refractivity (Wildman–Crippen MR) is 82.0 cm³/mol. The zero-order valence-electron chi connectivity index (χ0n) is 10.7. The zero-order chi connectivity index (χ0) is 14.9. The van der Waals surface area contributed by atoms with Crippen LogP contribution in [0.3, 0.4) is 0 Å². The molecule has 1 atom stereocenters. The van der Waals surface area contributed by atoms with Crippen LogP contribution in [-0.4, -0.2) is 13.4 Å². The van der Waals surface area contributed by atoms with E-state index in [1.165, 1.54) is 0 Å². The van der Waals surface area contributed by atoms with Crippen molar-refractivity contribution in [2.75, 3.05) is 0 Å². The van der Waals surface area contributed by atoms with E-state index in [1.807, 2.05) is 0 Å². The van der Waals surface area contributed by atoms with Gasteiger partial charge in [0.1, 0.15) is 0 Å². The molecule has 0 radical (unpaired) electrons. The number of rotatable bonds is 4. The van der Waals surface area contributed by atoms with Crippen LogP contribution in [0.1, 0.15) is 24.2 Å². The molecule has 8 heteroatoms. The molecule has 1 aromatic heterocycles. The number of halogens is 2. The smallest absolute Gasteiger partial charge is 0.229 e. The Kier molecular flexibility index (Phi) is 4.71. The van der Waals surface area contributed by atoms with Crippen molar-refractivity contribution in [3.63, 3.8) is 0 Å². The topological polar surface area (TPSA) is 59.1 Å². The molecule has 0 aliphatic heterocycles. The number of hydrogen-bond acceptors (Lipinski definition) is 4. The van der Waals surface area contributed by atoms with Crippen molar-refractivity contribution in [3.05, 3.63) is 45.0 Å². The number of aromatic nitrogens is 1. The Morgan fingerprint density at radius 3 is 2.50 bits per heavy atom. The highest BCUT2D eigenvalue weighted by molar-refractivity contribution is 7.91. The maximum absolute atomic E-state index is 12.3. The second-order valence-corrected chi connectivity index (χ2v) is 8.10. The molecule has 1 N–H and O–H groups in total. The van der Waals surface area contributed by atoms with Gasteiger partial charge in [0, 0.05) is 11.1 Å². The molecule has 108 valence electrons. The van der Waals surface area contributed by atoms with Gasteiger partial charge in [-0.3, -0.25) is 0 Å². The summed E-state index contributed by atoms with van der Waals surface area (Å²) in [5, 5.41) is 0.516. The molecular formula is C12H12Cl2N2O2S2. The molecule has 0 amide bonds. The lowest BCUT2D eigenvalue weighted by Crippen LogP contribution is -2.27. The van der Waals surface area contributed by atoms with Crippen LogP contribution in [0.15, 0.2) is 28.5 Å². The lowest BCUT2D eigenvalue weighted by Gasteiger charge is -2.15. The Morgan fingerprint density at radius 1 is 1.30 bits per heavy atom. The molecule has 1 aromatic carbocycles. The van der Waals surface area contributed by atoms with Gasteiger partial charge in [-0.2, -0.15) is 0 Å². The lowest BCUT2D eigenvalue weighted by atomic mass is 10.1. The first-order valence-electron chi connectivity index (χ1n) is 5.71. The second-order valence-electron chi connectivity index (χ2n) is 4.20. The van der Waals surface area contributed by atoms with Crippen LogP contribution in [-0.2, 0) is 10.0 Å². The summed E-state index contributed by atoms with van der Waals surface area (Å²) in [5.41, 5.74) is 1.10. The molecule has 1 heterocycles. The van der Waals surface area contributed by atoms with Crippen molar-refractivity contribution in [2.24, 2.45) is 0 Å². The molecule has 0 saturated heterocycles. The number of nitrogens with zero attached hydrogens (tertiary/aromatic N) is 1. The summed E-state index contributed by atoms with van der Waals surface area (Å²) in [4.78, 5) is 3.91. The maximum Gasteiger partial charge on any atom is 0.252 e. The van der Waals surface area contributed by atoms with Crippen molar-refractivity contribution in [1.82, 2.24) is 9.71 Å². The van der Waals surface area contributed by atoms with E-state index in [1.54, 1.807) is 38.1 Å². The fraction of sp³-hybridized carbons (Fsp3) is 0.250. The first-order chi connectivity index (χ1) is 9.31. The van der Waals surface area contributed by atoms with Crippen LogP contribution in [0.4, 0.5) is 0 Å². The Hall–Kier alpha value is -0.660. The molecule has 0 bridgehead atoms. The molecule has 0 aliphatic carbocycles. The molecule has 1 unspecified atom stereocenters. The summed E-state index contributed by atoms with van der Waals surface area (Å²) in [7, 11) is -3.67. The summed E-state index contributed by atoms with van der Waals surface area (Å²) in [6, 6.07) is 6.65. The highest BCUT2D eigenvalue weighted by atomic mass is 35.5. The molecule has 20 heavy (non-hydrogen) atoms. The highest BCUT2D eigenvalue weighted by Crippen LogP contribution is 2.29. The average molecular weight is 351 g/mol. The molecule has 4 nitrogen and oxygen atoms in total. The van der Waals surface area contributed by atoms with Crippen molar-refractivity contribution in [3.8, 4) is 0 Å².